The summed E-state index contributed by atoms with van der Waals surface area (Å²) >= 11 is 1.26. The van der Waals surface area contributed by atoms with Gasteiger partial charge in [0.25, 0.3) is 5.92 Å². The van der Waals surface area contributed by atoms with Crippen LogP contribution >= 0.6 is 11.3 Å². The first-order valence-corrected chi connectivity index (χ1v) is 13.6. The molecule has 3 amide bonds. The second-order valence-electron chi connectivity index (χ2n) is 10.1. The molecule has 3 fully saturated rings. The predicted molar refractivity (Wildman–Crippen MR) is 139 cm³/mol. The van der Waals surface area contributed by atoms with Crippen LogP contribution in [0.25, 0.3) is 0 Å². The van der Waals surface area contributed by atoms with Gasteiger partial charge < -0.3 is 19.4 Å². The zero-order valence-corrected chi connectivity index (χ0v) is 22.4. The van der Waals surface area contributed by atoms with Crippen molar-refractivity contribution in [3.05, 3.63) is 23.3 Å². The van der Waals surface area contributed by atoms with Crippen LogP contribution in [0.2, 0.25) is 0 Å². The van der Waals surface area contributed by atoms with Crippen LogP contribution in [0.5, 0.6) is 0 Å². The van der Waals surface area contributed by atoms with Gasteiger partial charge in [0.1, 0.15) is 18.0 Å². The van der Waals surface area contributed by atoms with Gasteiger partial charge in [-0.15, -0.1) is 11.3 Å². The summed E-state index contributed by atoms with van der Waals surface area (Å²) in [6.07, 6.45) is 3.73. The third-order valence-corrected chi connectivity index (χ3v) is 8.46. The number of fused-ring (bicyclic) bond motifs is 2. The molecular weight excluding hydrogens is 518 g/mol. The van der Waals surface area contributed by atoms with Gasteiger partial charge in [-0.25, -0.2) is 28.3 Å². The molecule has 2 aliphatic heterocycles. The van der Waals surface area contributed by atoms with Gasteiger partial charge in [0.15, 0.2) is 5.13 Å². The van der Waals surface area contributed by atoms with E-state index in [1.165, 1.54) is 30.6 Å². The fraction of sp³-hybridized carbons (Fsp3) is 0.625. The monoisotopic (exact) mass is 550 g/mol. The molecule has 11 nitrogen and oxygen atoms in total. The number of rotatable bonds is 6. The van der Waals surface area contributed by atoms with Gasteiger partial charge in [0.2, 0.25) is 5.95 Å². The zero-order chi connectivity index (χ0) is 27.0. The van der Waals surface area contributed by atoms with Crippen LogP contribution in [-0.2, 0) is 4.74 Å². The van der Waals surface area contributed by atoms with E-state index in [1.807, 2.05) is 6.92 Å². The minimum Gasteiger partial charge on any atom is -0.446 e. The number of nitrogens with zero attached hydrogens (tertiary/aromatic N) is 6. The number of hydrogen-bond acceptors (Lipinski definition) is 9. The van der Waals surface area contributed by atoms with E-state index in [9.17, 15) is 18.4 Å². The Bertz CT molecular complexity index is 1180. The number of hydrogen-bond donors (Lipinski definition) is 2. The number of ether oxygens (including phenoxy) is 1. The predicted octanol–water partition coefficient (Wildman–Crippen LogP) is 3.65. The third kappa shape index (κ3) is 5.51. The van der Waals surface area contributed by atoms with Crippen LogP contribution < -0.4 is 15.5 Å². The lowest BCUT2D eigenvalue weighted by molar-refractivity contribution is -0.0760. The van der Waals surface area contributed by atoms with Crippen molar-refractivity contribution in [1.29, 1.82) is 0 Å². The second-order valence-corrected chi connectivity index (χ2v) is 11.3. The Kier molecular flexibility index (Phi) is 7.36. The standard InChI is InChI=1S/C24H32F2N8O3S/c1-4-33-12-15-9-16(33)10-17(15)37-23(36)30-19-5-7-27-20(29-19)34-8-6-24(25,26)18(13-34)32(3)22(35)31-21-28-11-14(2)38-21/h5,7,11,15-18H,4,6,8-10,12-13H2,1-3H3,(H,28,31,35)(H,27,29,30,36). The zero-order valence-electron chi connectivity index (χ0n) is 21.6. The molecule has 2 bridgehead atoms. The van der Waals surface area contributed by atoms with Gasteiger partial charge in [-0.05, 0) is 26.0 Å². The molecule has 2 aromatic rings. The number of carbonyl (C=O) groups is 2. The van der Waals surface area contributed by atoms with Gasteiger partial charge in [-0.2, -0.15) is 4.98 Å². The van der Waals surface area contributed by atoms with Gasteiger partial charge in [0.05, 0.1) is 0 Å². The Morgan fingerprint density at radius 2 is 2.08 bits per heavy atom. The number of aromatic nitrogens is 3. The van der Waals surface area contributed by atoms with Crippen molar-refractivity contribution in [3.63, 3.8) is 0 Å². The van der Waals surface area contributed by atoms with Crippen LogP contribution in [0.4, 0.5) is 35.3 Å². The molecule has 1 aliphatic carbocycles. The smallest absolute Gasteiger partial charge is 0.413 e. The van der Waals surface area contributed by atoms with E-state index >= 15 is 0 Å². The quantitative estimate of drug-likeness (QED) is 0.560. The molecule has 0 aromatic carbocycles. The highest BCUT2D eigenvalue weighted by Crippen LogP contribution is 2.39. The number of piperidine rings is 2. The Labute approximate surface area is 223 Å². The normalized spacial score (nSPS) is 26.3. The molecule has 2 N–H and O–H groups in total. The number of thiazole rings is 1. The number of urea groups is 1. The van der Waals surface area contributed by atoms with E-state index < -0.39 is 30.5 Å². The highest BCUT2D eigenvalue weighted by molar-refractivity contribution is 7.15. The van der Waals surface area contributed by atoms with Gasteiger partial charge in [-0.3, -0.25) is 10.6 Å². The molecule has 206 valence electrons. The van der Waals surface area contributed by atoms with Crippen LogP contribution in [0, 0.1) is 12.8 Å². The number of halogens is 2. The number of likely N-dealkylation sites (tertiary alicyclic amines) is 1. The lowest BCUT2D eigenvalue weighted by Gasteiger charge is -2.42. The number of alkyl halides is 2. The number of likely N-dealkylation sites (N-methyl/N-ethyl adjacent to an activating group) is 1. The number of anilines is 3. The van der Waals surface area contributed by atoms with Crippen molar-refractivity contribution < 1.29 is 23.1 Å². The van der Waals surface area contributed by atoms with E-state index in [1.54, 1.807) is 11.1 Å². The van der Waals surface area contributed by atoms with Gasteiger partial charge >= 0.3 is 12.1 Å². The fourth-order valence-corrected chi connectivity index (χ4v) is 6.23. The molecule has 0 radical (unpaired) electrons. The maximum Gasteiger partial charge on any atom is 0.413 e. The number of aryl methyl sites for hydroxylation is 1. The summed E-state index contributed by atoms with van der Waals surface area (Å²) in [7, 11) is 1.34. The average Bonchev–Trinajstić information content (AvgIpc) is 3.59. The molecule has 2 saturated heterocycles. The molecule has 38 heavy (non-hydrogen) atoms. The third-order valence-electron chi connectivity index (χ3n) is 7.63. The van der Waals surface area contributed by atoms with Crippen molar-refractivity contribution in [2.24, 2.45) is 5.92 Å². The highest BCUT2D eigenvalue weighted by Gasteiger charge is 2.48. The number of amides is 3. The molecule has 2 aromatic heterocycles. The number of carbonyl (C=O) groups excluding carboxylic acids is 2. The largest absolute Gasteiger partial charge is 0.446 e. The SMILES string of the molecule is CCN1CC2CC1CC2OC(=O)Nc1ccnc(N2CCC(F)(F)C(N(C)C(=O)Nc3ncc(C)s3)C2)n1. The Morgan fingerprint density at radius 1 is 1.26 bits per heavy atom. The van der Waals surface area contributed by atoms with Crippen molar-refractivity contribution in [2.75, 3.05) is 48.8 Å². The van der Waals surface area contributed by atoms with E-state index in [2.05, 4.69) is 37.4 Å². The van der Waals surface area contributed by atoms with Gasteiger partial charge in [-0.1, -0.05) is 6.92 Å². The summed E-state index contributed by atoms with van der Waals surface area (Å²) in [5.74, 6) is -2.36. The summed E-state index contributed by atoms with van der Waals surface area (Å²) in [5.41, 5.74) is 0. The topological polar surface area (TPSA) is 116 Å². The van der Waals surface area contributed by atoms with Crippen LogP contribution in [-0.4, -0.2) is 94.2 Å². The molecule has 5 rings (SSSR count). The summed E-state index contributed by atoms with van der Waals surface area (Å²) in [6, 6.07) is -0.101. The molecule has 14 heteroatoms. The van der Waals surface area contributed by atoms with Crippen molar-refractivity contribution >= 4 is 40.4 Å². The lowest BCUT2D eigenvalue weighted by atomic mass is 10.00. The fourth-order valence-electron chi connectivity index (χ4n) is 5.58. The Hall–Kier alpha value is -3.13. The summed E-state index contributed by atoms with van der Waals surface area (Å²) in [4.78, 5) is 43.8. The van der Waals surface area contributed by atoms with E-state index in [0.717, 1.165) is 35.7 Å². The van der Waals surface area contributed by atoms with Crippen molar-refractivity contribution in [2.45, 2.75) is 57.2 Å². The second kappa shape index (κ2) is 10.6. The maximum atomic E-state index is 14.9. The minimum absolute atomic E-state index is 0.00238. The van der Waals surface area contributed by atoms with Crippen molar-refractivity contribution in [1.82, 2.24) is 24.8 Å². The molecule has 4 unspecified atom stereocenters. The summed E-state index contributed by atoms with van der Waals surface area (Å²) in [6.45, 7) is 5.73. The Balaban J connectivity index is 1.20. The van der Waals surface area contributed by atoms with Gasteiger partial charge in [0, 0.05) is 68.8 Å². The summed E-state index contributed by atoms with van der Waals surface area (Å²) < 4.78 is 35.5. The molecule has 3 aliphatic rings. The summed E-state index contributed by atoms with van der Waals surface area (Å²) in [5, 5.41) is 5.57. The molecule has 1 saturated carbocycles. The van der Waals surface area contributed by atoms with E-state index in [-0.39, 0.29) is 31.0 Å². The maximum absolute atomic E-state index is 14.9. The Morgan fingerprint density at radius 3 is 2.76 bits per heavy atom. The first kappa shape index (κ1) is 26.5. The average molecular weight is 551 g/mol. The van der Waals surface area contributed by atoms with E-state index in [0.29, 0.717) is 17.1 Å². The first-order chi connectivity index (χ1) is 18.1. The minimum atomic E-state index is -3.10. The highest BCUT2D eigenvalue weighted by atomic mass is 32.1. The van der Waals surface area contributed by atoms with Crippen LogP contribution in [0.3, 0.4) is 0 Å². The molecule has 4 atom stereocenters. The number of nitrogens with one attached hydrogen (secondary N) is 2. The molecule has 0 spiro atoms. The van der Waals surface area contributed by atoms with Crippen LogP contribution in [0.1, 0.15) is 31.1 Å². The molecular formula is C24H32F2N8O3S. The lowest BCUT2D eigenvalue weighted by Crippen LogP contribution is -2.60. The first-order valence-electron chi connectivity index (χ1n) is 12.8. The van der Waals surface area contributed by atoms with Crippen molar-refractivity contribution in [3.8, 4) is 0 Å². The van der Waals surface area contributed by atoms with Crippen LogP contribution in [0.15, 0.2) is 18.5 Å². The molecule has 4 heterocycles. The van der Waals surface area contributed by atoms with E-state index in [4.69, 9.17) is 4.74 Å².